The number of carbonyl (C=O) groups is 1. The Balaban J connectivity index is 1.73. The summed E-state index contributed by atoms with van der Waals surface area (Å²) in [5.41, 5.74) is 2.03. The predicted octanol–water partition coefficient (Wildman–Crippen LogP) is 4.62. The second-order valence-electron chi connectivity index (χ2n) is 4.64. The molecule has 2 aromatic carbocycles. The average Bonchev–Trinajstić information content (AvgIpc) is 2.49. The smallest absolute Gasteiger partial charge is 0.318 e. The molecule has 0 fully saturated rings. The van der Waals surface area contributed by atoms with Crippen LogP contribution in [0.15, 0.2) is 59.2 Å². The van der Waals surface area contributed by atoms with Crippen molar-refractivity contribution in [2.75, 3.05) is 6.54 Å². The lowest BCUT2D eigenvalue weighted by Crippen LogP contribution is -2.33. The van der Waals surface area contributed by atoms with E-state index in [4.69, 9.17) is 11.6 Å². The maximum Gasteiger partial charge on any atom is 0.318 e. The highest BCUT2D eigenvalue weighted by molar-refractivity contribution is 9.10. The maximum absolute atomic E-state index is 11.7. The van der Waals surface area contributed by atoms with Crippen LogP contribution >= 0.6 is 27.5 Å². The van der Waals surface area contributed by atoms with Crippen LogP contribution in [0.5, 0.6) is 0 Å². The molecule has 0 saturated heterocycles. The minimum absolute atomic E-state index is 0.238. The first-order chi connectivity index (χ1) is 10.6. The summed E-state index contributed by atoms with van der Waals surface area (Å²) in [5.74, 6) is 0. The first-order valence-corrected chi connectivity index (χ1v) is 8.02. The molecule has 0 aliphatic carbocycles. The van der Waals surface area contributed by atoms with Crippen LogP contribution in [0.1, 0.15) is 11.1 Å². The van der Waals surface area contributed by atoms with Gasteiger partial charge in [0.25, 0.3) is 0 Å². The molecule has 0 saturated carbocycles. The predicted molar refractivity (Wildman–Crippen MR) is 94.9 cm³/mol. The summed E-state index contributed by atoms with van der Waals surface area (Å²) < 4.78 is 1.04. The lowest BCUT2D eigenvalue weighted by molar-refractivity contribution is 0.244. The highest BCUT2D eigenvalue weighted by atomic mass is 79.9. The molecule has 0 aliphatic rings. The molecule has 2 amide bonds. The number of benzene rings is 2. The van der Waals surface area contributed by atoms with Crippen molar-refractivity contribution in [1.82, 2.24) is 10.6 Å². The molecule has 0 aliphatic heterocycles. The van der Waals surface area contributed by atoms with Crippen molar-refractivity contribution in [3.05, 3.63) is 75.4 Å². The largest absolute Gasteiger partial charge is 0.338 e. The van der Waals surface area contributed by atoms with Gasteiger partial charge in [-0.2, -0.15) is 0 Å². The zero-order chi connectivity index (χ0) is 15.8. The van der Waals surface area contributed by atoms with Gasteiger partial charge in [0.1, 0.15) is 0 Å². The zero-order valence-corrected chi connectivity index (χ0v) is 14.2. The molecule has 2 rings (SSSR count). The van der Waals surface area contributed by atoms with Crippen molar-refractivity contribution in [2.45, 2.75) is 6.42 Å². The van der Waals surface area contributed by atoms with Crippen molar-refractivity contribution in [2.24, 2.45) is 0 Å². The second kappa shape index (κ2) is 8.61. The van der Waals surface area contributed by atoms with Crippen LogP contribution in [0.3, 0.4) is 0 Å². The summed E-state index contributed by atoms with van der Waals surface area (Å²) in [4.78, 5) is 11.7. The number of carbonyl (C=O) groups excluding carboxylic acids is 1. The van der Waals surface area contributed by atoms with E-state index in [9.17, 15) is 4.79 Å². The van der Waals surface area contributed by atoms with Crippen LogP contribution < -0.4 is 10.6 Å². The molecular weight excluding hydrogens is 364 g/mol. The van der Waals surface area contributed by atoms with Crippen molar-refractivity contribution in [3.8, 4) is 0 Å². The normalized spacial score (nSPS) is 10.6. The van der Waals surface area contributed by atoms with E-state index in [1.807, 2.05) is 42.5 Å². The van der Waals surface area contributed by atoms with Crippen molar-refractivity contribution < 1.29 is 4.79 Å². The summed E-state index contributed by atoms with van der Waals surface area (Å²) in [6, 6.07) is 15.2. The van der Waals surface area contributed by atoms with Crippen LogP contribution in [0.4, 0.5) is 4.79 Å². The Bertz CT molecular complexity index is 673. The van der Waals surface area contributed by atoms with E-state index in [2.05, 4.69) is 26.6 Å². The molecule has 0 atom stereocenters. The van der Waals surface area contributed by atoms with Crippen LogP contribution in [-0.4, -0.2) is 12.6 Å². The van der Waals surface area contributed by atoms with E-state index >= 15 is 0 Å². The monoisotopic (exact) mass is 378 g/mol. The summed E-state index contributed by atoms with van der Waals surface area (Å²) >= 11 is 9.45. The molecular formula is C17H16BrClN2O. The third-order valence-corrected chi connectivity index (χ3v) is 3.81. The number of hydrogen-bond acceptors (Lipinski definition) is 1. The molecule has 0 spiro atoms. The molecule has 3 nitrogen and oxygen atoms in total. The van der Waals surface area contributed by atoms with Gasteiger partial charge in [0.2, 0.25) is 0 Å². The Morgan fingerprint density at radius 2 is 2.00 bits per heavy atom. The Labute approximate surface area is 143 Å². The van der Waals surface area contributed by atoms with Crippen LogP contribution in [0, 0.1) is 0 Å². The fourth-order valence-electron chi connectivity index (χ4n) is 1.88. The van der Waals surface area contributed by atoms with E-state index in [1.54, 1.807) is 18.3 Å². The van der Waals surface area contributed by atoms with E-state index in [0.717, 1.165) is 16.5 Å². The molecule has 2 aromatic rings. The van der Waals surface area contributed by atoms with E-state index < -0.39 is 0 Å². The van der Waals surface area contributed by atoms with Crippen molar-refractivity contribution >= 4 is 39.6 Å². The van der Waals surface area contributed by atoms with Gasteiger partial charge in [0.05, 0.1) is 0 Å². The van der Waals surface area contributed by atoms with Gasteiger partial charge in [-0.05, 0) is 41.8 Å². The molecule has 22 heavy (non-hydrogen) atoms. The molecule has 0 heterocycles. The van der Waals surface area contributed by atoms with Gasteiger partial charge in [-0.1, -0.05) is 57.9 Å². The number of halogens is 2. The lowest BCUT2D eigenvalue weighted by Gasteiger charge is -2.05. The summed E-state index contributed by atoms with van der Waals surface area (Å²) in [7, 11) is 0. The molecule has 0 unspecified atom stereocenters. The number of amides is 2. The fourth-order valence-corrected chi connectivity index (χ4v) is 2.53. The highest BCUT2D eigenvalue weighted by Crippen LogP contribution is 2.15. The van der Waals surface area contributed by atoms with Gasteiger partial charge in [-0.3, -0.25) is 0 Å². The fraction of sp³-hybridized carbons (Fsp3) is 0.118. The zero-order valence-electron chi connectivity index (χ0n) is 11.9. The molecule has 0 bridgehead atoms. The first-order valence-electron chi connectivity index (χ1n) is 6.85. The first kappa shape index (κ1) is 16.6. The molecule has 2 N–H and O–H groups in total. The standard InChI is InChI=1S/C17H16BrClN2O/c18-15-6-3-4-13(12-15)8-10-20-17(22)21-11-9-14-5-1-2-7-16(14)19/h1-7,9,11-12H,8,10H2,(H2,20,21,22)/b11-9+. The van der Waals surface area contributed by atoms with Crippen molar-refractivity contribution in [3.63, 3.8) is 0 Å². The Morgan fingerprint density at radius 1 is 1.18 bits per heavy atom. The topological polar surface area (TPSA) is 41.1 Å². The third-order valence-electron chi connectivity index (χ3n) is 2.97. The third kappa shape index (κ3) is 5.54. The summed E-state index contributed by atoms with van der Waals surface area (Å²) in [5, 5.41) is 6.11. The van der Waals surface area contributed by atoms with Crippen LogP contribution in [0.2, 0.25) is 5.02 Å². The van der Waals surface area contributed by atoms with Gasteiger partial charge < -0.3 is 10.6 Å². The number of nitrogens with one attached hydrogen (secondary N) is 2. The minimum atomic E-state index is -0.238. The van der Waals surface area contributed by atoms with E-state index in [0.29, 0.717) is 11.6 Å². The van der Waals surface area contributed by atoms with Gasteiger partial charge in [-0.25, -0.2) is 4.79 Å². The van der Waals surface area contributed by atoms with Crippen LogP contribution in [-0.2, 0) is 6.42 Å². The Kier molecular flexibility index (Phi) is 6.49. The molecule has 5 heteroatoms. The molecule has 0 radical (unpaired) electrons. The second-order valence-corrected chi connectivity index (χ2v) is 5.96. The van der Waals surface area contributed by atoms with Gasteiger partial charge in [0.15, 0.2) is 0 Å². The number of urea groups is 1. The number of rotatable bonds is 5. The average molecular weight is 380 g/mol. The summed E-state index contributed by atoms with van der Waals surface area (Å²) in [6.45, 7) is 0.572. The lowest BCUT2D eigenvalue weighted by atomic mass is 10.1. The Hall–Kier alpha value is -1.78. The van der Waals surface area contributed by atoms with Gasteiger partial charge >= 0.3 is 6.03 Å². The molecule has 114 valence electrons. The molecule has 0 aromatic heterocycles. The maximum atomic E-state index is 11.7. The SMILES string of the molecule is O=C(N/C=C/c1ccccc1Cl)NCCc1cccc(Br)c1. The minimum Gasteiger partial charge on any atom is -0.338 e. The van der Waals surface area contributed by atoms with Gasteiger partial charge in [-0.15, -0.1) is 0 Å². The van der Waals surface area contributed by atoms with E-state index in [-0.39, 0.29) is 6.03 Å². The highest BCUT2D eigenvalue weighted by Gasteiger charge is 1.99. The van der Waals surface area contributed by atoms with Crippen molar-refractivity contribution in [1.29, 1.82) is 0 Å². The number of hydrogen-bond donors (Lipinski definition) is 2. The van der Waals surface area contributed by atoms with E-state index in [1.165, 1.54) is 5.56 Å². The summed E-state index contributed by atoms with van der Waals surface area (Å²) in [6.07, 6.45) is 4.12. The Morgan fingerprint density at radius 3 is 2.77 bits per heavy atom. The quantitative estimate of drug-likeness (QED) is 0.782. The van der Waals surface area contributed by atoms with Crippen LogP contribution in [0.25, 0.3) is 6.08 Å². The van der Waals surface area contributed by atoms with Gasteiger partial charge in [0, 0.05) is 22.2 Å².